The first-order chi connectivity index (χ1) is 17.9. The van der Waals surface area contributed by atoms with Crippen LogP contribution in [0, 0.1) is 11.3 Å². The van der Waals surface area contributed by atoms with Crippen LogP contribution in [-0.2, 0) is 0 Å². The van der Waals surface area contributed by atoms with E-state index < -0.39 is 0 Å². The Morgan fingerprint density at radius 2 is 1.89 bits per heavy atom. The number of nitrogens with zero attached hydrogens (tertiary/aromatic N) is 5. The van der Waals surface area contributed by atoms with Crippen molar-refractivity contribution in [2.24, 2.45) is 0 Å². The number of anilines is 2. The third kappa shape index (κ3) is 5.89. The molecular formula is C29H34N6O2. The van der Waals surface area contributed by atoms with E-state index in [1.807, 2.05) is 42.2 Å². The summed E-state index contributed by atoms with van der Waals surface area (Å²) in [6.45, 7) is 6.54. The highest BCUT2D eigenvalue weighted by Gasteiger charge is 2.32. The van der Waals surface area contributed by atoms with Crippen LogP contribution in [0.15, 0.2) is 61.1 Å². The van der Waals surface area contributed by atoms with Gasteiger partial charge in [0.1, 0.15) is 17.8 Å². The summed E-state index contributed by atoms with van der Waals surface area (Å²) in [6, 6.07) is 14.3. The number of hydrogen-bond acceptors (Lipinski definition) is 7. The van der Waals surface area contributed by atoms with Crippen molar-refractivity contribution in [3.8, 4) is 11.8 Å². The van der Waals surface area contributed by atoms with Gasteiger partial charge in [0, 0.05) is 41.5 Å². The van der Waals surface area contributed by atoms with E-state index in [0.29, 0.717) is 36.2 Å². The molecule has 2 aromatic carbocycles. The molecule has 1 saturated carbocycles. The maximum absolute atomic E-state index is 13.8. The summed E-state index contributed by atoms with van der Waals surface area (Å²) in [5.74, 6) is 0.557. The number of benzene rings is 2. The first-order valence-corrected chi connectivity index (χ1v) is 12.7. The Morgan fingerprint density at radius 1 is 1.16 bits per heavy atom. The van der Waals surface area contributed by atoms with Crippen molar-refractivity contribution >= 4 is 28.1 Å². The first-order valence-electron chi connectivity index (χ1n) is 12.7. The number of carbonyl (C=O) groups excluding carboxylic acids is 1. The van der Waals surface area contributed by atoms with Gasteiger partial charge in [-0.1, -0.05) is 18.7 Å². The van der Waals surface area contributed by atoms with E-state index in [0.717, 1.165) is 47.8 Å². The highest BCUT2D eigenvalue weighted by atomic mass is 16.5. The fourth-order valence-corrected chi connectivity index (χ4v) is 5.00. The summed E-state index contributed by atoms with van der Waals surface area (Å²) < 4.78 is 5.90. The van der Waals surface area contributed by atoms with Crippen molar-refractivity contribution in [3.63, 3.8) is 0 Å². The lowest BCUT2D eigenvalue weighted by Gasteiger charge is -2.38. The minimum Gasteiger partial charge on any atom is -0.492 e. The van der Waals surface area contributed by atoms with Crippen molar-refractivity contribution in [1.82, 2.24) is 14.9 Å². The molecule has 37 heavy (non-hydrogen) atoms. The average molecular weight is 499 g/mol. The molecule has 1 N–H and O–H groups in total. The Balaban J connectivity index is 1.78. The molecule has 3 aromatic rings. The molecule has 0 aliphatic heterocycles. The van der Waals surface area contributed by atoms with Crippen molar-refractivity contribution in [2.75, 3.05) is 37.5 Å². The van der Waals surface area contributed by atoms with E-state index >= 15 is 0 Å². The fourth-order valence-electron chi connectivity index (χ4n) is 5.00. The maximum Gasteiger partial charge on any atom is 0.277 e. The third-order valence-corrected chi connectivity index (χ3v) is 6.96. The highest BCUT2D eigenvalue weighted by molar-refractivity contribution is 6.07. The topological polar surface area (TPSA) is 94.4 Å². The van der Waals surface area contributed by atoms with Gasteiger partial charge in [-0.25, -0.2) is 9.97 Å². The molecule has 4 rings (SSSR count). The lowest BCUT2D eigenvalue weighted by Crippen LogP contribution is -2.45. The van der Waals surface area contributed by atoms with Gasteiger partial charge in [-0.05, 0) is 76.4 Å². The Bertz CT molecular complexity index is 1290. The van der Waals surface area contributed by atoms with Gasteiger partial charge in [-0.15, -0.1) is 0 Å². The summed E-state index contributed by atoms with van der Waals surface area (Å²) in [5.41, 5.74) is 2.38. The molecule has 1 aliphatic rings. The highest BCUT2D eigenvalue weighted by Crippen LogP contribution is 2.38. The number of amides is 1. The van der Waals surface area contributed by atoms with E-state index in [-0.39, 0.29) is 11.9 Å². The van der Waals surface area contributed by atoms with Crippen LogP contribution in [-0.4, -0.2) is 60.1 Å². The molecule has 1 aromatic heterocycles. The Morgan fingerprint density at radius 3 is 2.54 bits per heavy atom. The van der Waals surface area contributed by atoms with Crippen LogP contribution in [0.4, 0.5) is 11.4 Å². The van der Waals surface area contributed by atoms with E-state index in [1.54, 1.807) is 12.3 Å². The van der Waals surface area contributed by atoms with Crippen LogP contribution in [0.25, 0.3) is 10.8 Å². The molecule has 0 unspecified atom stereocenters. The van der Waals surface area contributed by atoms with E-state index in [9.17, 15) is 10.1 Å². The van der Waals surface area contributed by atoms with E-state index in [4.69, 9.17) is 4.74 Å². The van der Waals surface area contributed by atoms with Crippen LogP contribution in [0.5, 0.6) is 5.75 Å². The van der Waals surface area contributed by atoms with Gasteiger partial charge in [0.05, 0.1) is 18.4 Å². The molecule has 8 nitrogen and oxygen atoms in total. The van der Waals surface area contributed by atoms with Crippen molar-refractivity contribution in [3.05, 3.63) is 66.8 Å². The van der Waals surface area contributed by atoms with Gasteiger partial charge < -0.3 is 19.9 Å². The van der Waals surface area contributed by atoms with Crippen molar-refractivity contribution in [1.29, 1.82) is 5.26 Å². The number of carbonyl (C=O) groups is 1. The van der Waals surface area contributed by atoms with Gasteiger partial charge >= 0.3 is 0 Å². The second kappa shape index (κ2) is 11.8. The predicted molar refractivity (Wildman–Crippen MR) is 147 cm³/mol. The van der Waals surface area contributed by atoms with Gasteiger partial charge in [-0.3, -0.25) is 4.79 Å². The summed E-state index contributed by atoms with van der Waals surface area (Å²) in [4.78, 5) is 26.3. The SMILES string of the molecule is C=C(C#N)CNc1c(OCC)ccc2ccc(N(C(=O)c3ccncn3)C3CCC(N(C)C)CC3)cc12. The number of nitrogens with one attached hydrogen (secondary N) is 1. The summed E-state index contributed by atoms with van der Waals surface area (Å²) >= 11 is 0. The van der Waals surface area contributed by atoms with Gasteiger partial charge in [-0.2, -0.15) is 5.26 Å². The summed E-state index contributed by atoms with van der Waals surface area (Å²) in [7, 11) is 4.23. The van der Waals surface area contributed by atoms with E-state index in [2.05, 4.69) is 46.9 Å². The minimum absolute atomic E-state index is 0.0564. The second-order valence-electron chi connectivity index (χ2n) is 9.54. The van der Waals surface area contributed by atoms with Crippen molar-refractivity contribution in [2.45, 2.75) is 44.7 Å². The average Bonchev–Trinajstić information content (AvgIpc) is 2.93. The summed E-state index contributed by atoms with van der Waals surface area (Å²) in [6.07, 6.45) is 6.87. The molecular weight excluding hydrogens is 464 g/mol. The zero-order chi connectivity index (χ0) is 26.4. The molecule has 1 aliphatic carbocycles. The molecule has 0 radical (unpaired) electrons. The zero-order valence-electron chi connectivity index (χ0n) is 21.8. The van der Waals surface area contributed by atoms with Crippen LogP contribution in [0.3, 0.4) is 0 Å². The standard InChI is InChI=1S/C29H34N6O2/c1-5-37-27-13-7-21-6-8-24(16-25(21)28(27)32-18-20(2)17-30)35(29(36)26-14-15-31-19-33-26)23-11-9-22(10-12-23)34(3)4/h6-8,13-16,19,22-23,32H,2,5,9-12,18H2,1,3-4H3. The lowest BCUT2D eigenvalue weighted by molar-refractivity contribution is 0.0958. The molecule has 1 fully saturated rings. The first kappa shape index (κ1) is 26.1. The van der Waals surface area contributed by atoms with Gasteiger partial charge in [0.15, 0.2) is 0 Å². The molecule has 0 saturated heterocycles. The fraction of sp³-hybridized carbons (Fsp3) is 0.379. The van der Waals surface area contributed by atoms with E-state index in [1.165, 1.54) is 6.33 Å². The number of nitriles is 1. The molecule has 1 heterocycles. The van der Waals surface area contributed by atoms with Crippen LogP contribution in [0.1, 0.15) is 43.1 Å². The largest absolute Gasteiger partial charge is 0.492 e. The molecule has 8 heteroatoms. The van der Waals surface area contributed by atoms with Crippen LogP contribution < -0.4 is 15.0 Å². The molecule has 0 bridgehead atoms. The van der Waals surface area contributed by atoms with Gasteiger partial charge in [0.2, 0.25) is 0 Å². The summed E-state index contributed by atoms with van der Waals surface area (Å²) in [5, 5.41) is 14.5. The third-order valence-electron chi connectivity index (χ3n) is 6.96. The van der Waals surface area contributed by atoms with Crippen LogP contribution >= 0.6 is 0 Å². The quantitative estimate of drug-likeness (QED) is 0.413. The predicted octanol–water partition coefficient (Wildman–Crippen LogP) is 5.04. The number of rotatable bonds is 9. The second-order valence-corrected chi connectivity index (χ2v) is 9.54. The lowest BCUT2D eigenvalue weighted by atomic mass is 9.89. The maximum atomic E-state index is 13.8. The van der Waals surface area contributed by atoms with Crippen molar-refractivity contribution < 1.29 is 9.53 Å². The van der Waals surface area contributed by atoms with Crippen LogP contribution in [0.2, 0.25) is 0 Å². The Labute approximate surface area is 218 Å². The monoisotopic (exact) mass is 498 g/mol. The smallest absolute Gasteiger partial charge is 0.277 e. The molecule has 192 valence electrons. The molecule has 0 spiro atoms. The molecule has 0 atom stereocenters. The molecule has 1 amide bonds. The number of hydrogen-bond donors (Lipinski definition) is 1. The minimum atomic E-state index is -0.136. The number of fused-ring (bicyclic) bond motifs is 1. The zero-order valence-corrected chi connectivity index (χ0v) is 21.8. The van der Waals surface area contributed by atoms with Gasteiger partial charge in [0.25, 0.3) is 5.91 Å². The number of aromatic nitrogens is 2. The number of ether oxygens (including phenoxy) is 1. The Hall–Kier alpha value is -3.96. The Kier molecular flexibility index (Phi) is 8.36. The normalized spacial score (nSPS) is 17.3.